The van der Waals surface area contributed by atoms with Gasteiger partial charge in [-0.3, -0.25) is 4.90 Å². The minimum Gasteiger partial charge on any atom is -0.377 e. The van der Waals surface area contributed by atoms with E-state index in [1.165, 1.54) is 6.54 Å². The first-order valence-corrected chi connectivity index (χ1v) is 3.57. The molecule has 2 nitrogen and oxygen atoms in total. The number of rotatable bonds is 3. The summed E-state index contributed by atoms with van der Waals surface area (Å²) in [6.07, 6.45) is 0.431. The summed E-state index contributed by atoms with van der Waals surface area (Å²) in [5, 5.41) is 0. The number of nitrogens with zero attached hydrogens (tertiary/aromatic N) is 1. The zero-order valence-electron chi connectivity index (χ0n) is 6.42. The van der Waals surface area contributed by atoms with Gasteiger partial charge >= 0.3 is 0 Å². The number of likely N-dealkylation sites (N-methyl/N-ethyl adjacent to an activating group) is 1. The molecule has 1 heterocycles. The summed E-state index contributed by atoms with van der Waals surface area (Å²) in [5.74, 6) is 0. The maximum Gasteiger partial charge on any atom is 0.0714 e. The van der Waals surface area contributed by atoms with Crippen molar-refractivity contribution in [2.45, 2.75) is 26.0 Å². The standard InChI is InChI=1S/C7H15NO/c1-4-9-6(2)7-5-8(7)3/h6-7H,4-5H2,1-3H3/t6-,7-,8?/m0/s1. The second kappa shape index (κ2) is 2.67. The Labute approximate surface area is 56.8 Å². The Bertz CT molecular complexity index is 94.9. The van der Waals surface area contributed by atoms with Gasteiger partial charge in [-0.2, -0.15) is 0 Å². The van der Waals surface area contributed by atoms with E-state index in [0.29, 0.717) is 12.1 Å². The Morgan fingerprint density at radius 3 is 2.67 bits per heavy atom. The highest BCUT2D eigenvalue weighted by Gasteiger charge is 2.34. The summed E-state index contributed by atoms with van der Waals surface area (Å²) in [6, 6.07) is 0.699. The summed E-state index contributed by atoms with van der Waals surface area (Å²) >= 11 is 0. The first-order chi connectivity index (χ1) is 4.25. The summed E-state index contributed by atoms with van der Waals surface area (Å²) < 4.78 is 5.39. The van der Waals surface area contributed by atoms with Gasteiger partial charge in [0.15, 0.2) is 0 Å². The summed E-state index contributed by atoms with van der Waals surface area (Å²) in [6.45, 7) is 6.23. The van der Waals surface area contributed by atoms with Crippen LogP contribution >= 0.6 is 0 Å². The molecular weight excluding hydrogens is 114 g/mol. The highest BCUT2D eigenvalue weighted by atomic mass is 16.5. The van der Waals surface area contributed by atoms with Gasteiger partial charge < -0.3 is 4.74 Å². The quantitative estimate of drug-likeness (QED) is 0.521. The van der Waals surface area contributed by atoms with Crippen molar-refractivity contribution >= 4 is 0 Å². The van der Waals surface area contributed by atoms with E-state index in [1.807, 2.05) is 6.92 Å². The minimum absolute atomic E-state index is 0.431. The molecule has 1 aliphatic heterocycles. The topological polar surface area (TPSA) is 12.2 Å². The fourth-order valence-electron chi connectivity index (χ4n) is 1.13. The Morgan fingerprint density at radius 1 is 1.78 bits per heavy atom. The van der Waals surface area contributed by atoms with Gasteiger partial charge in [-0.15, -0.1) is 0 Å². The number of ether oxygens (including phenoxy) is 1. The molecule has 3 atom stereocenters. The van der Waals surface area contributed by atoms with Gasteiger partial charge in [0.25, 0.3) is 0 Å². The minimum atomic E-state index is 0.431. The van der Waals surface area contributed by atoms with Crippen LogP contribution in [0.15, 0.2) is 0 Å². The van der Waals surface area contributed by atoms with Crippen molar-refractivity contribution in [3.05, 3.63) is 0 Å². The predicted molar refractivity (Wildman–Crippen MR) is 37.5 cm³/mol. The molecule has 0 N–H and O–H groups in total. The van der Waals surface area contributed by atoms with Crippen molar-refractivity contribution in [1.29, 1.82) is 0 Å². The van der Waals surface area contributed by atoms with Gasteiger partial charge in [-0.05, 0) is 20.9 Å². The Hall–Kier alpha value is -0.0800. The third-order valence-electron chi connectivity index (χ3n) is 1.88. The first-order valence-electron chi connectivity index (χ1n) is 3.57. The molecule has 1 fully saturated rings. The van der Waals surface area contributed by atoms with Crippen molar-refractivity contribution in [2.75, 3.05) is 20.2 Å². The Morgan fingerprint density at radius 2 is 2.33 bits per heavy atom. The van der Waals surface area contributed by atoms with Gasteiger partial charge in [0.05, 0.1) is 6.10 Å². The fourth-order valence-corrected chi connectivity index (χ4v) is 1.13. The molecule has 0 saturated carbocycles. The molecule has 0 amide bonds. The lowest BCUT2D eigenvalue weighted by Crippen LogP contribution is -2.17. The molecular formula is C7H15NO. The smallest absolute Gasteiger partial charge is 0.0714 e. The molecule has 0 aromatic heterocycles. The van der Waals surface area contributed by atoms with Crippen LogP contribution in [-0.4, -0.2) is 37.2 Å². The van der Waals surface area contributed by atoms with Gasteiger partial charge in [0, 0.05) is 19.2 Å². The molecule has 2 heteroatoms. The van der Waals surface area contributed by atoms with Gasteiger partial charge in [-0.25, -0.2) is 0 Å². The maximum atomic E-state index is 5.39. The van der Waals surface area contributed by atoms with E-state index in [1.54, 1.807) is 0 Å². The highest BCUT2D eigenvalue weighted by Crippen LogP contribution is 2.19. The average Bonchev–Trinajstić information content (AvgIpc) is 2.47. The van der Waals surface area contributed by atoms with Crippen molar-refractivity contribution in [2.24, 2.45) is 0 Å². The van der Waals surface area contributed by atoms with Gasteiger partial charge in [0.2, 0.25) is 0 Å². The van der Waals surface area contributed by atoms with Crippen LogP contribution in [0.25, 0.3) is 0 Å². The van der Waals surface area contributed by atoms with Crippen LogP contribution in [0.1, 0.15) is 13.8 Å². The molecule has 0 bridgehead atoms. The zero-order valence-corrected chi connectivity index (χ0v) is 6.42. The molecule has 1 aliphatic rings. The van der Waals surface area contributed by atoms with Gasteiger partial charge in [-0.1, -0.05) is 0 Å². The van der Waals surface area contributed by atoms with Crippen LogP contribution < -0.4 is 0 Å². The molecule has 0 aromatic rings. The SMILES string of the molecule is CCO[C@@H](C)[C@@H]1CN1C. The van der Waals surface area contributed by atoms with Crippen LogP contribution in [0, 0.1) is 0 Å². The van der Waals surface area contributed by atoms with Crippen LogP contribution in [0.4, 0.5) is 0 Å². The lowest BCUT2D eigenvalue weighted by atomic mass is 10.3. The number of hydrogen-bond acceptors (Lipinski definition) is 2. The van der Waals surface area contributed by atoms with E-state index in [9.17, 15) is 0 Å². The molecule has 1 saturated heterocycles. The molecule has 0 aliphatic carbocycles. The lowest BCUT2D eigenvalue weighted by molar-refractivity contribution is 0.0680. The van der Waals surface area contributed by atoms with E-state index < -0.39 is 0 Å². The van der Waals surface area contributed by atoms with E-state index in [-0.39, 0.29) is 0 Å². The molecule has 54 valence electrons. The van der Waals surface area contributed by atoms with E-state index in [4.69, 9.17) is 4.74 Å². The molecule has 1 unspecified atom stereocenters. The van der Waals surface area contributed by atoms with E-state index >= 15 is 0 Å². The predicted octanol–water partition coefficient (Wildman–Crippen LogP) is 0.725. The molecule has 0 aromatic carbocycles. The van der Waals surface area contributed by atoms with Crippen molar-refractivity contribution < 1.29 is 4.74 Å². The molecule has 0 radical (unpaired) electrons. The monoisotopic (exact) mass is 129 g/mol. The fraction of sp³-hybridized carbons (Fsp3) is 1.00. The van der Waals surface area contributed by atoms with Crippen molar-refractivity contribution in [3.8, 4) is 0 Å². The second-order valence-corrected chi connectivity index (χ2v) is 2.67. The van der Waals surface area contributed by atoms with Crippen LogP contribution in [-0.2, 0) is 4.74 Å². The normalized spacial score (nSPS) is 36.3. The highest BCUT2D eigenvalue weighted by molar-refractivity contribution is 4.90. The van der Waals surface area contributed by atoms with Crippen LogP contribution in [0.2, 0.25) is 0 Å². The van der Waals surface area contributed by atoms with Crippen LogP contribution in [0.3, 0.4) is 0 Å². The second-order valence-electron chi connectivity index (χ2n) is 2.67. The molecule has 0 spiro atoms. The molecule has 9 heavy (non-hydrogen) atoms. The third kappa shape index (κ3) is 1.66. The first kappa shape index (κ1) is 7.03. The average molecular weight is 129 g/mol. The lowest BCUT2D eigenvalue weighted by Gasteiger charge is -2.08. The Balaban J connectivity index is 2.11. The largest absolute Gasteiger partial charge is 0.377 e. The van der Waals surface area contributed by atoms with E-state index in [0.717, 1.165) is 6.61 Å². The van der Waals surface area contributed by atoms with Gasteiger partial charge in [0.1, 0.15) is 0 Å². The maximum absolute atomic E-state index is 5.39. The van der Waals surface area contributed by atoms with Crippen LogP contribution in [0.5, 0.6) is 0 Å². The Kier molecular flexibility index (Phi) is 2.09. The molecule has 1 rings (SSSR count). The van der Waals surface area contributed by atoms with E-state index in [2.05, 4.69) is 18.9 Å². The summed E-state index contributed by atoms with van der Waals surface area (Å²) in [7, 11) is 2.13. The number of hydrogen-bond donors (Lipinski definition) is 0. The zero-order chi connectivity index (χ0) is 6.85. The van der Waals surface area contributed by atoms with Crippen molar-refractivity contribution in [1.82, 2.24) is 4.90 Å². The van der Waals surface area contributed by atoms with Crippen molar-refractivity contribution in [3.63, 3.8) is 0 Å². The third-order valence-corrected chi connectivity index (χ3v) is 1.88. The summed E-state index contributed by atoms with van der Waals surface area (Å²) in [5.41, 5.74) is 0. The summed E-state index contributed by atoms with van der Waals surface area (Å²) in [4.78, 5) is 2.29.